The maximum absolute atomic E-state index is 12.2. The molecule has 0 saturated heterocycles. The summed E-state index contributed by atoms with van der Waals surface area (Å²) in [5.74, 6) is 0.493. The van der Waals surface area contributed by atoms with Crippen LogP contribution in [0.25, 0.3) is 17.1 Å². The smallest absolute Gasteiger partial charge is 0.296 e. The summed E-state index contributed by atoms with van der Waals surface area (Å²) in [6.45, 7) is 0. The molecule has 0 aliphatic carbocycles. The van der Waals surface area contributed by atoms with Crippen LogP contribution in [0.1, 0.15) is 0 Å². The summed E-state index contributed by atoms with van der Waals surface area (Å²) in [6, 6.07) is 13.0. The van der Waals surface area contributed by atoms with Crippen molar-refractivity contribution in [3.63, 3.8) is 0 Å². The van der Waals surface area contributed by atoms with Crippen molar-refractivity contribution in [1.82, 2.24) is 14.8 Å². The lowest BCUT2D eigenvalue weighted by Crippen LogP contribution is -2.17. The van der Waals surface area contributed by atoms with Crippen molar-refractivity contribution in [3.05, 3.63) is 63.5 Å². The van der Waals surface area contributed by atoms with E-state index in [1.807, 2.05) is 36.4 Å². The molecule has 0 atom stereocenters. The molecule has 0 spiro atoms. The Morgan fingerprint density at radius 3 is 2.55 bits per heavy atom. The van der Waals surface area contributed by atoms with Crippen molar-refractivity contribution in [2.75, 3.05) is 5.73 Å². The van der Waals surface area contributed by atoms with Gasteiger partial charge in [-0.1, -0.05) is 30.3 Å². The van der Waals surface area contributed by atoms with E-state index in [0.717, 1.165) is 10.0 Å². The minimum atomic E-state index is -0.307. The monoisotopic (exact) mass is 330 g/mol. The number of rotatable bonds is 2. The van der Waals surface area contributed by atoms with Gasteiger partial charge in [-0.25, -0.2) is 4.98 Å². The first-order valence-corrected chi connectivity index (χ1v) is 6.74. The second-order valence-electron chi connectivity index (χ2n) is 4.24. The molecular formula is C14H11BrN4O. The molecule has 3 aromatic rings. The Morgan fingerprint density at radius 1 is 1.15 bits per heavy atom. The van der Waals surface area contributed by atoms with Crippen LogP contribution in [0.3, 0.4) is 0 Å². The zero-order valence-corrected chi connectivity index (χ0v) is 12.0. The minimum absolute atomic E-state index is 0.181. The summed E-state index contributed by atoms with van der Waals surface area (Å²) >= 11 is 3.31. The number of anilines is 1. The number of nitrogens with zero attached hydrogens (tertiary/aromatic N) is 2. The largest absolute Gasteiger partial charge is 0.392 e. The van der Waals surface area contributed by atoms with E-state index in [2.05, 4.69) is 26.0 Å². The second kappa shape index (κ2) is 4.97. The molecule has 0 unspecified atom stereocenters. The highest BCUT2D eigenvalue weighted by molar-refractivity contribution is 9.10. The summed E-state index contributed by atoms with van der Waals surface area (Å²) < 4.78 is 2.18. The Hall–Kier alpha value is -2.34. The number of nitrogens with two attached hydrogens (primary N) is 1. The van der Waals surface area contributed by atoms with Crippen molar-refractivity contribution >= 4 is 21.6 Å². The lowest BCUT2D eigenvalue weighted by atomic mass is 10.1. The third-order valence-corrected chi connectivity index (χ3v) is 3.40. The van der Waals surface area contributed by atoms with E-state index in [1.165, 1.54) is 4.68 Å². The van der Waals surface area contributed by atoms with E-state index >= 15 is 0 Å². The van der Waals surface area contributed by atoms with Crippen molar-refractivity contribution in [2.45, 2.75) is 0 Å². The van der Waals surface area contributed by atoms with Gasteiger partial charge in [-0.15, -0.1) is 0 Å². The van der Waals surface area contributed by atoms with Gasteiger partial charge >= 0.3 is 0 Å². The molecule has 2 heterocycles. The highest BCUT2D eigenvalue weighted by Gasteiger charge is 2.14. The summed E-state index contributed by atoms with van der Waals surface area (Å²) in [5, 5.41) is 3.00. The van der Waals surface area contributed by atoms with E-state index in [-0.39, 0.29) is 11.2 Å². The molecule has 0 aliphatic heterocycles. The van der Waals surface area contributed by atoms with E-state index in [4.69, 9.17) is 5.73 Å². The van der Waals surface area contributed by atoms with Crippen LogP contribution in [0.15, 0.2) is 57.9 Å². The maximum atomic E-state index is 12.2. The molecule has 0 bridgehead atoms. The zero-order valence-electron chi connectivity index (χ0n) is 10.4. The van der Waals surface area contributed by atoms with Crippen LogP contribution in [-0.2, 0) is 0 Å². The number of aromatic amines is 1. The fourth-order valence-electron chi connectivity index (χ4n) is 1.94. The Balaban J connectivity index is 2.16. The number of nitrogens with one attached hydrogen (secondary N) is 1. The van der Waals surface area contributed by atoms with Gasteiger partial charge in [0.25, 0.3) is 5.56 Å². The molecule has 6 heteroatoms. The van der Waals surface area contributed by atoms with E-state index in [9.17, 15) is 4.79 Å². The van der Waals surface area contributed by atoms with Crippen LogP contribution in [0, 0.1) is 0 Å². The Morgan fingerprint density at radius 2 is 1.90 bits per heavy atom. The van der Waals surface area contributed by atoms with Crippen LogP contribution < -0.4 is 11.3 Å². The van der Waals surface area contributed by atoms with Crippen LogP contribution in [0.5, 0.6) is 0 Å². The van der Waals surface area contributed by atoms with Gasteiger partial charge in [0.05, 0.1) is 5.69 Å². The van der Waals surface area contributed by atoms with Crippen LogP contribution in [0.4, 0.5) is 5.69 Å². The molecule has 3 rings (SSSR count). The number of nitrogen functional groups attached to an aromatic ring is 1. The molecule has 5 nitrogen and oxygen atoms in total. The van der Waals surface area contributed by atoms with Crippen LogP contribution in [-0.4, -0.2) is 14.8 Å². The van der Waals surface area contributed by atoms with E-state index < -0.39 is 0 Å². The number of hydrogen-bond donors (Lipinski definition) is 2. The normalized spacial score (nSPS) is 10.7. The van der Waals surface area contributed by atoms with Gasteiger partial charge in [0.15, 0.2) is 5.82 Å². The van der Waals surface area contributed by atoms with E-state index in [1.54, 1.807) is 12.3 Å². The third kappa shape index (κ3) is 2.14. The van der Waals surface area contributed by atoms with Crippen molar-refractivity contribution in [3.8, 4) is 17.1 Å². The second-order valence-corrected chi connectivity index (χ2v) is 5.16. The number of hydrogen-bond acceptors (Lipinski definition) is 3. The molecule has 1 aromatic carbocycles. The number of pyridine rings is 1. The quantitative estimate of drug-likeness (QED) is 0.758. The van der Waals surface area contributed by atoms with Gasteiger partial charge < -0.3 is 5.73 Å². The number of aromatic nitrogens is 3. The number of H-pyrrole nitrogens is 1. The Labute approximate surface area is 123 Å². The van der Waals surface area contributed by atoms with Crippen LogP contribution in [0.2, 0.25) is 0 Å². The minimum Gasteiger partial charge on any atom is -0.392 e. The summed E-state index contributed by atoms with van der Waals surface area (Å²) in [4.78, 5) is 16.4. The molecule has 100 valence electrons. The van der Waals surface area contributed by atoms with Crippen molar-refractivity contribution in [2.24, 2.45) is 0 Å². The highest BCUT2D eigenvalue weighted by atomic mass is 79.9. The van der Waals surface area contributed by atoms with Gasteiger partial charge in [-0.2, -0.15) is 4.68 Å². The van der Waals surface area contributed by atoms with Crippen molar-refractivity contribution in [1.29, 1.82) is 0 Å². The molecule has 0 fully saturated rings. The predicted molar refractivity (Wildman–Crippen MR) is 81.7 cm³/mol. The molecule has 20 heavy (non-hydrogen) atoms. The van der Waals surface area contributed by atoms with Crippen molar-refractivity contribution < 1.29 is 0 Å². The molecule has 0 radical (unpaired) electrons. The van der Waals surface area contributed by atoms with Gasteiger partial charge in [-0.3, -0.25) is 9.89 Å². The first-order chi connectivity index (χ1) is 9.66. The Bertz CT molecular complexity index is 790. The fourth-order valence-corrected chi connectivity index (χ4v) is 2.17. The first kappa shape index (κ1) is 12.7. The predicted octanol–water partition coefficient (Wildman–Crippen LogP) is 2.57. The molecule has 0 aliphatic rings. The number of halogens is 1. The Kier molecular flexibility index (Phi) is 3.15. The topological polar surface area (TPSA) is 76.7 Å². The average molecular weight is 331 g/mol. The summed E-state index contributed by atoms with van der Waals surface area (Å²) in [5.41, 5.74) is 7.23. The average Bonchev–Trinajstić information content (AvgIpc) is 2.77. The van der Waals surface area contributed by atoms with Gasteiger partial charge in [0, 0.05) is 16.2 Å². The van der Waals surface area contributed by atoms with Gasteiger partial charge in [0.2, 0.25) is 0 Å². The van der Waals surface area contributed by atoms with E-state index in [0.29, 0.717) is 11.5 Å². The molecule has 0 amide bonds. The third-order valence-electron chi connectivity index (χ3n) is 2.93. The maximum Gasteiger partial charge on any atom is 0.296 e. The lowest BCUT2D eigenvalue weighted by molar-refractivity contribution is 0.821. The SMILES string of the molecule is Nc1c(-c2ccccc2)[nH]n(-c2ccc(Br)cn2)c1=O. The molecular weight excluding hydrogens is 320 g/mol. The summed E-state index contributed by atoms with van der Waals surface area (Å²) in [7, 11) is 0. The standard InChI is InChI=1S/C14H11BrN4O/c15-10-6-7-11(17-8-10)19-14(20)12(16)13(18-19)9-4-2-1-3-5-9/h1-8,18H,16H2. The van der Waals surface area contributed by atoms with Crippen LogP contribution >= 0.6 is 15.9 Å². The van der Waals surface area contributed by atoms with Gasteiger partial charge in [0.1, 0.15) is 5.69 Å². The number of benzene rings is 1. The zero-order chi connectivity index (χ0) is 14.1. The highest BCUT2D eigenvalue weighted by Crippen LogP contribution is 2.21. The molecule has 3 N–H and O–H groups in total. The van der Waals surface area contributed by atoms with Gasteiger partial charge in [-0.05, 0) is 28.1 Å². The molecule has 2 aromatic heterocycles. The molecule has 0 saturated carbocycles. The fraction of sp³-hybridized carbons (Fsp3) is 0. The summed E-state index contributed by atoms with van der Waals surface area (Å²) in [6.07, 6.45) is 1.63. The lowest BCUT2D eigenvalue weighted by Gasteiger charge is -2.01. The first-order valence-electron chi connectivity index (χ1n) is 5.94.